The Labute approximate surface area is 113 Å². The van der Waals surface area contributed by atoms with Crippen molar-refractivity contribution in [2.24, 2.45) is 0 Å². The van der Waals surface area contributed by atoms with Crippen molar-refractivity contribution < 1.29 is 18.7 Å². The highest BCUT2D eigenvalue weighted by Gasteiger charge is 2.29. The molecule has 5 nitrogen and oxygen atoms in total. The van der Waals surface area contributed by atoms with Gasteiger partial charge in [0.15, 0.2) is 0 Å². The molecule has 1 aliphatic heterocycles. The Hall–Kier alpha value is -1.33. The van der Waals surface area contributed by atoms with Crippen LogP contribution in [0.15, 0.2) is 0 Å². The molecule has 0 bridgehead atoms. The Balaban J connectivity index is 1.99. The van der Waals surface area contributed by atoms with Gasteiger partial charge in [0.1, 0.15) is 11.8 Å². The fourth-order valence-corrected chi connectivity index (χ4v) is 1.69. The van der Waals surface area contributed by atoms with Gasteiger partial charge in [-0.25, -0.2) is 9.18 Å². The molecule has 0 aromatic carbocycles. The van der Waals surface area contributed by atoms with Gasteiger partial charge >= 0.3 is 6.09 Å². The van der Waals surface area contributed by atoms with Crippen LogP contribution < -0.4 is 5.32 Å². The minimum absolute atomic E-state index is 0.00818. The van der Waals surface area contributed by atoms with Crippen molar-refractivity contribution in [3.8, 4) is 0 Å². The second-order valence-corrected chi connectivity index (χ2v) is 5.78. The SMILES string of the molecule is CC(C)(C)OC(=O)NCCCCC(=O)N1CC(F)C1. The van der Waals surface area contributed by atoms with Crippen LogP contribution in [0, 0.1) is 0 Å². The number of carbonyl (C=O) groups is 2. The van der Waals surface area contributed by atoms with Gasteiger partial charge in [0.25, 0.3) is 0 Å². The molecule has 0 aromatic heterocycles. The lowest BCUT2D eigenvalue weighted by Gasteiger charge is -2.34. The molecular formula is C13H23FN2O3. The summed E-state index contributed by atoms with van der Waals surface area (Å²) in [4.78, 5) is 24.3. The first-order valence-corrected chi connectivity index (χ1v) is 6.66. The molecule has 0 aromatic rings. The summed E-state index contributed by atoms with van der Waals surface area (Å²) >= 11 is 0. The minimum Gasteiger partial charge on any atom is -0.444 e. The molecule has 6 heteroatoms. The van der Waals surface area contributed by atoms with Crippen LogP contribution in [0.3, 0.4) is 0 Å². The van der Waals surface area contributed by atoms with Gasteiger partial charge in [-0.2, -0.15) is 0 Å². The van der Waals surface area contributed by atoms with Gasteiger partial charge in [0.05, 0.1) is 13.1 Å². The van der Waals surface area contributed by atoms with Gasteiger partial charge < -0.3 is 15.0 Å². The number of nitrogens with one attached hydrogen (secondary N) is 1. The van der Waals surface area contributed by atoms with Crippen LogP contribution >= 0.6 is 0 Å². The topological polar surface area (TPSA) is 58.6 Å². The first-order chi connectivity index (χ1) is 8.78. The molecule has 110 valence electrons. The van der Waals surface area contributed by atoms with E-state index in [9.17, 15) is 14.0 Å². The lowest BCUT2D eigenvalue weighted by atomic mass is 10.1. The second kappa shape index (κ2) is 6.73. The van der Waals surface area contributed by atoms with Crippen LogP contribution in [0.4, 0.5) is 9.18 Å². The quantitative estimate of drug-likeness (QED) is 0.778. The summed E-state index contributed by atoms with van der Waals surface area (Å²) in [6.07, 6.45) is 0.502. The molecule has 1 heterocycles. The van der Waals surface area contributed by atoms with E-state index >= 15 is 0 Å². The molecule has 0 saturated carbocycles. The summed E-state index contributed by atoms with van der Waals surface area (Å²) in [5.41, 5.74) is -0.500. The number of alkyl carbamates (subject to hydrolysis) is 1. The van der Waals surface area contributed by atoms with E-state index in [0.717, 1.165) is 0 Å². The summed E-state index contributed by atoms with van der Waals surface area (Å²) in [6, 6.07) is 0. The van der Waals surface area contributed by atoms with Crippen LogP contribution in [-0.2, 0) is 9.53 Å². The zero-order valence-corrected chi connectivity index (χ0v) is 11.9. The lowest BCUT2D eigenvalue weighted by Crippen LogP contribution is -2.51. The standard InChI is InChI=1S/C13H23FN2O3/c1-13(2,3)19-12(18)15-7-5-4-6-11(17)16-8-10(14)9-16/h10H,4-9H2,1-3H3,(H,15,18). The number of hydrogen-bond donors (Lipinski definition) is 1. The van der Waals surface area contributed by atoms with Gasteiger partial charge in [0, 0.05) is 13.0 Å². The van der Waals surface area contributed by atoms with Crippen LogP contribution in [0.1, 0.15) is 40.0 Å². The number of ether oxygens (including phenoxy) is 1. The van der Waals surface area contributed by atoms with Crippen molar-refractivity contribution in [2.75, 3.05) is 19.6 Å². The maximum Gasteiger partial charge on any atom is 0.407 e. The molecule has 0 unspecified atom stereocenters. The van der Waals surface area contributed by atoms with E-state index in [-0.39, 0.29) is 19.0 Å². The summed E-state index contributed by atoms with van der Waals surface area (Å²) in [6.45, 7) is 6.35. The zero-order chi connectivity index (χ0) is 14.5. The average molecular weight is 274 g/mol. The molecule has 19 heavy (non-hydrogen) atoms. The Bertz CT molecular complexity index is 322. The highest BCUT2D eigenvalue weighted by atomic mass is 19.1. The predicted molar refractivity (Wildman–Crippen MR) is 69.6 cm³/mol. The van der Waals surface area contributed by atoms with Gasteiger partial charge in [-0.3, -0.25) is 4.79 Å². The lowest BCUT2D eigenvalue weighted by molar-refractivity contribution is -0.138. The third-order valence-corrected chi connectivity index (χ3v) is 2.68. The zero-order valence-electron chi connectivity index (χ0n) is 11.9. The first-order valence-electron chi connectivity index (χ1n) is 6.66. The van der Waals surface area contributed by atoms with Crippen LogP contribution in [-0.4, -0.2) is 48.3 Å². The van der Waals surface area contributed by atoms with E-state index in [1.165, 1.54) is 4.90 Å². The third-order valence-electron chi connectivity index (χ3n) is 2.68. The first kappa shape index (κ1) is 15.7. The molecule has 0 atom stereocenters. The molecule has 1 rings (SSSR count). The highest BCUT2D eigenvalue weighted by Crippen LogP contribution is 2.13. The Morgan fingerprint density at radius 2 is 1.95 bits per heavy atom. The van der Waals surface area contributed by atoms with Crippen LogP contribution in [0.5, 0.6) is 0 Å². The summed E-state index contributed by atoms with van der Waals surface area (Å²) in [7, 11) is 0. The Morgan fingerprint density at radius 1 is 1.32 bits per heavy atom. The van der Waals surface area contributed by atoms with Crippen LogP contribution in [0.25, 0.3) is 0 Å². The molecule has 1 N–H and O–H groups in total. The summed E-state index contributed by atoms with van der Waals surface area (Å²) in [5, 5.41) is 2.63. The molecule has 0 aliphatic carbocycles. The smallest absolute Gasteiger partial charge is 0.407 e. The van der Waals surface area contributed by atoms with Crippen molar-refractivity contribution >= 4 is 12.0 Å². The molecule has 0 radical (unpaired) electrons. The number of halogens is 1. The number of carbonyl (C=O) groups excluding carboxylic acids is 2. The van der Waals surface area contributed by atoms with Crippen molar-refractivity contribution in [1.82, 2.24) is 10.2 Å². The molecular weight excluding hydrogens is 251 g/mol. The van der Waals surface area contributed by atoms with Gasteiger partial charge in [0.2, 0.25) is 5.91 Å². The van der Waals surface area contributed by atoms with E-state index in [2.05, 4.69) is 5.32 Å². The number of alkyl halides is 1. The highest BCUT2D eigenvalue weighted by molar-refractivity contribution is 5.77. The average Bonchev–Trinajstić information content (AvgIpc) is 2.21. The molecule has 2 amide bonds. The molecule has 1 fully saturated rings. The maximum absolute atomic E-state index is 12.5. The fourth-order valence-electron chi connectivity index (χ4n) is 1.69. The Morgan fingerprint density at radius 3 is 2.47 bits per heavy atom. The van der Waals surface area contributed by atoms with Gasteiger partial charge in [-0.1, -0.05) is 0 Å². The number of likely N-dealkylation sites (tertiary alicyclic amines) is 1. The third kappa shape index (κ3) is 6.40. The van der Waals surface area contributed by atoms with E-state index in [1.54, 1.807) is 20.8 Å². The molecule has 1 aliphatic rings. The predicted octanol–water partition coefficient (Wildman–Crippen LogP) is 1.86. The number of rotatable bonds is 5. The monoisotopic (exact) mass is 274 g/mol. The fraction of sp³-hybridized carbons (Fsp3) is 0.846. The van der Waals surface area contributed by atoms with Crippen LogP contribution in [0.2, 0.25) is 0 Å². The molecule has 1 saturated heterocycles. The summed E-state index contributed by atoms with van der Waals surface area (Å²) in [5.74, 6) is -0.00818. The number of hydrogen-bond acceptors (Lipinski definition) is 3. The van der Waals surface area contributed by atoms with Crippen molar-refractivity contribution in [3.05, 3.63) is 0 Å². The maximum atomic E-state index is 12.5. The largest absolute Gasteiger partial charge is 0.444 e. The normalized spacial score (nSPS) is 15.9. The van der Waals surface area contributed by atoms with E-state index in [0.29, 0.717) is 25.8 Å². The minimum atomic E-state index is -0.849. The second-order valence-electron chi connectivity index (χ2n) is 5.78. The Kier molecular flexibility index (Phi) is 5.57. The summed E-state index contributed by atoms with van der Waals surface area (Å²) < 4.78 is 17.6. The van der Waals surface area contributed by atoms with Gasteiger partial charge in [-0.05, 0) is 33.6 Å². The van der Waals surface area contributed by atoms with E-state index in [1.807, 2.05) is 0 Å². The molecule has 0 spiro atoms. The van der Waals surface area contributed by atoms with E-state index in [4.69, 9.17) is 4.74 Å². The van der Waals surface area contributed by atoms with Crippen molar-refractivity contribution in [3.63, 3.8) is 0 Å². The number of nitrogens with zero attached hydrogens (tertiary/aromatic N) is 1. The van der Waals surface area contributed by atoms with Crippen molar-refractivity contribution in [1.29, 1.82) is 0 Å². The van der Waals surface area contributed by atoms with Gasteiger partial charge in [-0.15, -0.1) is 0 Å². The number of unbranched alkanes of at least 4 members (excludes halogenated alkanes) is 1. The van der Waals surface area contributed by atoms with Crippen molar-refractivity contribution in [2.45, 2.75) is 51.8 Å². The van der Waals surface area contributed by atoms with E-state index < -0.39 is 17.9 Å². The number of amides is 2.